The third-order valence-corrected chi connectivity index (χ3v) is 5.62. The molecule has 0 amide bonds. The third kappa shape index (κ3) is 2.82. The Balaban J connectivity index is 1.98. The van der Waals surface area contributed by atoms with Gasteiger partial charge < -0.3 is 0 Å². The minimum Gasteiger partial charge on any atom is -0.261 e. The highest BCUT2D eigenvalue weighted by molar-refractivity contribution is 7.94. The van der Waals surface area contributed by atoms with Crippen molar-refractivity contribution in [2.45, 2.75) is 11.1 Å². The average molecular weight is 341 g/mol. The van der Waals surface area contributed by atoms with Crippen molar-refractivity contribution < 1.29 is 8.42 Å². The van der Waals surface area contributed by atoms with Gasteiger partial charge in [-0.3, -0.25) is 4.72 Å². The van der Waals surface area contributed by atoms with Gasteiger partial charge in [-0.15, -0.1) is 0 Å². The van der Waals surface area contributed by atoms with E-state index in [1.54, 1.807) is 25.1 Å². The Hall–Kier alpha value is -1.77. The van der Waals surface area contributed by atoms with Gasteiger partial charge in [0.25, 0.3) is 10.0 Å². The van der Waals surface area contributed by atoms with E-state index in [0.717, 1.165) is 11.5 Å². The summed E-state index contributed by atoms with van der Waals surface area (Å²) < 4.78 is 30.8. The highest BCUT2D eigenvalue weighted by Gasteiger charge is 2.18. The van der Waals surface area contributed by atoms with E-state index in [1.165, 1.54) is 12.3 Å². The van der Waals surface area contributed by atoms with Crippen molar-refractivity contribution in [3.63, 3.8) is 0 Å². The predicted octanol–water partition coefficient (Wildman–Crippen LogP) is 2.85. The highest BCUT2D eigenvalue weighted by Crippen LogP contribution is 2.23. The van der Waals surface area contributed by atoms with Gasteiger partial charge in [0.1, 0.15) is 5.52 Å². The summed E-state index contributed by atoms with van der Waals surface area (Å²) in [5.41, 5.74) is 1.69. The number of fused-ring (bicyclic) bond motifs is 1. The summed E-state index contributed by atoms with van der Waals surface area (Å²) in [6.07, 6.45) is 1.33. The van der Waals surface area contributed by atoms with Crippen molar-refractivity contribution >= 4 is 50.0 Å². The summed E-state index contributed by atoms with van der Waals surface area (Å²) in [5.74, 6) is 0.135. The molecule has 0 fully saturated rings. The number of halogens is 1. The molecule has 0 atom stereocenters. The van der Waals surface area contributed by atoms with Gasteiger partial charge in [0.05, 0.1) is 22.4 Å². The Labute approximate surface area is 130 Å². The van der Waals surface area contributed by atoms with Crippen LogP contribution in [0.15, 0.2) is 34.7 Å². The molecule has 6 nitrogen and oxygen atoms in total. The standard InChI is InChI=1S/C12H9ClN4O2S2/c1-7-5-11(20-16-7)21(18,19)17-10-6-14-12-8(13)3-2-4-9(12)15-10/h2-6H,1H3,(H,15,17). The Morgan fingerprint density at radius 3 is 2.86 bits per heavy atom. The van der Waals surface area contributed by atoms with Crippen LogP contribution in [-0.2, 0) is 10.0 Å². The van der Waals surface area contributed by atoms with Crippen molar-refractivity contribution in [1.82, 2.24) is 14.3 Å². The molecule has 0 unspecified atom stereocenters. The smallest absolute Gasteiger partial charge is 0.261 e. The van der Waals surface area contributed by atoms with Gasteiger partial charge in [-0.2, -0.15) is 4.37 Å². The van der Waals surface area contributed by atoms with E-state index >= 15 is 0 Å². The molecule has 2 aromatic heterocycles. The normalized spacial score (nSPS) is 11.7. The Morgan fingerprint density at radius 2 is 2.14 bits per heavy atom. The van der Waals surface area contributed by atoms with Gasteiger partial charge in [0, 0.05) is 0 Å². The van der Waals surface area contributed by atoms with Crippen LogP contribution < -0.4 is 4.72 Å². The summed E-state index contributed by atoms with van der Waals surface area (Å²) in [4.78, 5) is 8.33. The van der Waals surface area contributed by atoms with Gasteiger partial charge in [0.15, 0.2) is 10.0 Å². The number of hydrogen-bond acceptors (Lipinski definition) is 6. The zero-order valence-corrected chi connectivity index (χ0v) is 13.1. The van der Waals surface area contributed by atoms with Crippen molar-refractivity contribution in [3.8, 4) is 0 Å². The quantitative estimate of drug-likeness (QED) is 0.792. The first-order valence-corrected chi connectivity index (χ1v) is 8.46. The van der Waals surface area contributed by atoms with Crippen molar-refractivity contribution in [1.29, 1.82) is 0 Å². The summed E-state index contributed by atoms with van der Waals surface area (Å²) in [5, 5.41) is 0.465. The van der Waals surface area contributed by atoms with E-state index in [2.05, 4.69) is 19.1 Å². The largest absolute Gasteiger partial charge is 0.274 e. The second-order valence-electron chi connectivity index (χ2n) is 4.26. The van der Waals surface area contributed by atoms with Crippen molar-refractivity contribution in [2.24, 2.45) is 0 Å². The molecule has 9 heteroatoms. The molecule has 1 aromatic carbocycles. The highest BCUT2D eigenvalue weighted by atomic mass is 35.5. The molecular weight excluding hydrogens is 332 g/mol. The number of benzene rings is 1. The van der Waals surface area contributed by atoms with Crippen LogP contribution in [0, 0.1) is 6.92 Å². The number of para-hydroxylation sites is 1. The monoisotopic (exact) mass is 340 g/mol. The van der Waals surface area contributed by atoms with Crippen LogP contribution in [-0.4, -0.2) is 22.8 Å². The number of aryl methyl sites for hydroxylation is 1. The fraction of sp³-hybridized carbons (Fsp3) is 0.0833. The van der Waals surface area contributed by atoms with Crippen LogP contribution in [0.2, 0.25) is 5.02 Å². The third-order valence-electron chi connectivity index (χ3n) is 2.63. The fourth-order valence-corrected chi connectivity index (χ4v) is 3.87. The van der Waals surface area contributed by atoms with Gasteiger partial charge in [-0.05, 0) is 36.7 Å². The number of hydrogen-bond donors (Lipinski definition) is 1. The van der Waals surface area contributed by atoms with Crippen LogP contribution in [0.5, 0.6) is 0 Å². The number of rotatable bonds is 3. The average Bonchev–Trinajstić information content (AvgIpc) is 2.86. The molecule has 0 aliphatic carbocycles. The van der Waals surface area contributed by atoms with Crippen molar-refractivity contribution in [3.05, 3.63) is 41.2 Å². The lowest BCUT2D eigenvalue weighted by atomic mass is 10.3. The van der Waals surface area contributed by atoms with E-state index in [9.17, 15) is 8.42 Å². The minimum absolute atomic E-state index is 0.132. The summed E-state index contributed by atoms with van der Waals surface area (Å²) >= 11 is 6.91. The predicted molar refractivity (Wildman–Crippen MR) is 82.2 cm³/mol. The maximum atomic E-state index is 12.2. The lowest BCUT2D eigenvalue weighted by molar-refractivity contribution is 0.603. The number of aromatic nitrogens is 3. The fourth-order valence-electron chi connectivity index (χ4n) is 1.71. The summed E-state index contributed by atoms with van der Waals surface area (Å²) in [7, 11) is -3.70. The lowest BCUT2D eigenvalue weighted by Crippen LogP contribution is -2.12. The van der Waals surface area contributed by atoms with E-state index < -0.39 is 10.0 Å². The molecule has 0 saturated carbocycles. The van der Waals surface area contributed by atoms with Gasteiger partial charge in [0.2, 0.25) is 0 Å². The number of nitrogens with one attached hydrogen (secondary N) is 1. The molecule has 2 heterocycles. The molecular formula is C12H9ClN4O2S2. The molecule has 0 spiro atoms. The molecule has 0 aliphatic rings. The molecule has 3 aromatic rings. The molecule has 3 rings (SSSR count). The topological polar surface area (TPSA) is 84.8 Å². The second-order valence-corrected chi connectivity index (χ2v) is 7.38. The van der Waals surface area contributed by atoms with E-state index in [-0.39, 0.29) is 10.0 Å². The van der Waals surface area contributed by atoms with Gasteiger partial charge in [-0.1, -0.05) is 17.7 Å². The Bertz CT molecular complexity index is 924. The number of sulfonamides is 1. The van der Waals surface area contributed by atoms with Crippen LogP contribution in [0.25, 0.3) is 11.0 Å². The van der Waals surface area contributed by atoms with E-state index in [1.807, 2.05) is 0 Å². The SMILES string of the molecule is Cc1cc(S(=O)(=O)Nc2cnc3c(Cl)cccc3n2)sn1. The number of anilines is 1. The molecule has 0 bridgehead atoms. The maximum absolute atomic E-state index is 12.2. The van der Waals surface area contributed by atoms with E-state index in [0.29, 0.717) is 21.7 Å². The first-order chi connectivity index (χ1) is 9.95. The zero-order valence-electron chi connectivity index (χ0n) is 10.7. The number of nitrogens with zero attached hydrogens (tertiary/aromatic N) is 3. The maximum Gasteiger partial charge on any atom is 0.274 e. The van der Waals surface area contributed by atoms with Gasteiger partial charge >= 0.3 is 0 Å². The Morgan fingerprint density at radius 1 is 1.33 bits per heavy atom. The summed E-state index contributed by atoms with van der Waals surface area (Å²) in [6, 6.07) is 6.63. The van der Waals surface area contributed by atoms with Crippen LogP contribution in [0.3, 0.4) is 0 Å². The van der Waals surface area contributed by atoms with Gasteiger partial charge in [-0.25, -0.2) is 18.4 Å². The zero-order chi connectivity index (χ0) is 15.0. The molecule has 108 valence electrons. The molecule has 0 saturated heterocycles. The second kappa shape index (κ2) is 5.21. The van der Waals surface area contributed by atoms with Crippen LogP contribution in [0.1, 0.15) is 5.69 Å². The first kappa shape index (κ1) is 14.2. The lowest BCUT2D eigenvalue weighted by Gasteiger charge is -2.06. The molecule has 1 N–H and O–H groups in total. The van der Waals surface area contributed by atoms with E-state index in [4.69, 9.17) is 11.6 Å². The summed E-state index contributed by atoms with van der Waals surface area (Å²) in [6.45, 7) is 1.73. The van der Waals surface area contributed by atoms with Crippen LogP contribution in [0.4, 0.5) is 5.82 Å². The molecule has 0 aliphatic heterocycles. The minimum atomic E-state index is -3.70. The van der Waals surface area contributed by atoms with Crippen molar-refractivity contribution in [2.75, 3.05) is 4.72 Å². The first-order valence-electron chi connectivity index (χ1n) is 5.83. The molecule has 0 radical (unpaired) electrons. The Kier molecular flexibility index (Phi) is 3.52. The van der Waals surface area contributed by atoms with Crippen LogP contribution >= 0.6 is 23.1 Å². The molecule has 21 heavy (non-hydrogen) atoms.